The van der Waals surface area contributed by atoms with Crippen LogP contribution in [0.5, 0.6) is 0 Å². The summed E-state index contributed by atoms with van der Waals surface area (Å²) < 4.78 is 0. The zero-order valence-corrected chi connectivity index (χ0v) is 17.2. The van der Waals surface area contributed by atoms with Gasteiger partial charge in [0.1, 0.15) is 0 Å². The lowest BCUT2D eigenvalue weighted by atomic mass is 10.0. The highest BCUT2D eigenvalue weighted by atomic mass is 35.5. The van der Waals surface area contributed by atoms with E-state index in [-0.39, 0.29) is 36.8 Å². The van der Waals surface area contributed by atoms with Crippen molar-refractivity contribution in [3.05, 3.63) is 35.4 Å². The third-order valence-corrected chi connectivity index (χ3v) is 5.86. The van der Waals surface area contributed by atoms with E-state index in [9.17, 15) is 4.79 Å². The smallest absolute Gasteiger partial charge is 0.238 e. The van der Waals surface area contributed by atoms with Gasteiger partial charge in [0.25, 0.3) is 0 Å². The largest absolute Gasteiger partial charge is 0.351 e. The summed E-state index contributed by atoms with van der Waals surface area (Å²) in [6, 6.07) is 9.13. The van der Waals surface area contributed by atoms with E-state index in [1.165, 1.54) is 36.9 Å². The standard InChI is InChI=1S/C18H27N3OS.2ClH/c1-14-6-4-5-9-21(14)11-16-8-3-2-7-15(16)10-19-18(22)17-12-23-13-20-17;;/h2-3,7-8,14,17,20H,4-6,9-13H2,1H3,(H,19,22);2*1H/t14?,17-;;/m1../s1. The van der Waals surface area contributed by atoms with Crippen molar-refractivity contribution < 1.29 is 4.79 Å². The lowest BCUT2D eigenvalue weighted by Crippen LogP contribution is -2.42. The highest BCUT2D eigenvalue weighted by molar-refractivity contribution is 7.99. The van der Waals surface area contributed by atoms with Crippen LogP contribution in [0.4, 0.5) is 0 Å². The Morgan fingerprint density at radius 1 is 1.28 bits per heavy atom. The molecule has 0 aromatic heterocycles. The van der Waals surface area contributed by atoms with Crippen LogP contribution in [0.1, 0.15) is 37.3 Å². The topological polar surface area (TPSA) is 44.4 Å². The highest BCUT2D eigenvalue weighted by Gasteiger charge is 2.23. The minimum Gasteiger partial charge on any atom is -0.351 e. The van der Waals surface area contributed by atoms with Gasteiger partial charge < -0.3 is 5.32 Å². The summed E-state index contributed by atoms with van der Waals surface area (Å²) in [6.07, 6.45) is 3.94. The fourth-order valence-corrected chi connectivity index (χ4v) is 4.31. The Bertz CT molecular complexity index is 541. The Labute approximate surface area is 167 Å². The number of piperidine rings is 1. The number of likely N-dealkylation sites (tertiary alicyclic amines) is 1. The maximum Gasteiger partial charge on any atom is 0.238 e. The van der Waals surface area contributed by atoms with Crippen LogP contribution in [0.25, 0.3) is 0 Å². The minimum absolute atomic E-state index is 0. The van der Waals surface area contributed by atoms with Crippen molar-refractivity contribution in [3.8, 4) is 0 Å². The number of nitrogens with zero attached hydrogens (tertiary/aromatic N) is 1. The van der Waals surface area contributed by atoms with Gasteiger partial charge in [-0.05, 0) is 37.4 Å². The van der Waals surface area contributed by atoms with Crippen molar-refractivity contribution >= 4 is 42.5 Å². The molecule has 0 radical (unpaired) electrons. The van der Waals surface area contributed by atoms with Crippen LogP contribution in [-0.4, -0.2) is 41.1 Å². The van der Waals surface area contributed by atoms with Crippen LogP contribution in [0.2, 0.25) is 0 Å². The van der Waals surface area contributed by atoms with Crippen molar-refractivity contribution in [3.63, 3.8) is 0 Å². The second-order valence-electron chi connectivity index (χ2n) is 6.57. The summed E-state index contributed by atoms with van der Waals surface area (Å²) in [5, 5.41) is 6.32. The number of carbonyl (C=O) groups excluding carboxylic acids is 1. The molecule has 0 aliphatic carbocycles. The highest BCUT2D eigenvalue weighted by Crippen LogP contribution is 2.21. The van der Waals surface area contributed by atoms with Crippen LogP contribution in [0.3, 0.4) is 0 Å². The van der Waals surface area contributed by atoms with E-state index in [1.54, 1.807) is 11.8 Å². The molecule has 7 heteroatoms. The monoisotopic (exact) mass is 405 g/mol. The van der Waals surface area contributed by atoms with Gasteiger partial charge in [-0.15, -0.1) is 36.6 Å². The molecule has 0 spiro atoms. The molecule has 1 amide bonds. The molecule has 3 rings (SSSR count). The molecule has 2 aliphatic heterocycles. The summed E-state index contributed by atoms with van der Waals surface area (Å²) in [7, 11) is 0. The average molecular weight is 406 g/mol. The maximum absolute atomic E-state index is 12.2. The zero-order valence-electron chi connectivity index (χ0n) is 14.7. The first-order valence-corrected chi connectivity index (χ1v) is 9.79. The predicted molar refractivity (Wildman–Crippen MR) is 111 cm³/mol. The van der Waals surface area contributed by atoms with Crippen molar-refractivity contribution in [2.75, 3.05) is 18.2 Å². The molecule has 2 aliphatic rings. The summed E-state index contributed by atoms with van der Waals surface area (Å²) in [4.78, 5) is 14.7. The third kappa shape index (κ3) is 6.33. The van der Waals surface area contributed by atoms with Crippen LogP contribution in [0, 0.1) is 0 Å². The molecule has 0 saturated carbocycles. The number of rotatable bonds is 5. The molecular weight excluding hydrogens is 377 g/mol. The molecule has 2 atom stereocenters. The van der Waals surface area contributed by atoms with E-state index >= 15 is 0 Å². The van der Waals surface area contributed by atoms with Crippen molar-refractivity contribution in [1.82, 2.24) is 15.5 Å². The Kier molecular flexibility index (Phi) is 10.2. The first kappa shape index (κ1) is 22.6. The molecule has 0 bridgehead atoms. The summed E-state index contributed by atoms with van der Waals surface area (Å²) in [5.74, 6) is 1.87. The van der Waals surface area contributed by atoms with Gasteiger partial charge in [-0.25, -0.2) is 0 Å². The van der Waals surface area contributed by atoms with Gasteiger partial charge >= 0.3 is 0 Å². The zero-order chi connectivity index (χ0) is 16.1. The molecule has 4 nitrogen and oxygen atoms in total. The molecule has 2 N–H and O–H groups in total. The first-order valence-electron chi connectivity index (χ1n) is 8.63. The second kappa shape index (κ2) is 11.3. The van der Waals surface area contributed by atoms with E-state index < -0.39 is 0 Å². The summed E-state index contributed by atoms with van der Waals surface area (Å²) in [5.41, 5.74) is 2.58. The number of hydrogen-bond donors (Lipinski definition) is 2. The minimum atomic E-state index is -0.0331. The SMILES string of the molecule is CC1CCCCN1Cc1ccccc1CNC(=O)[C@H]1CSCN1.Cl.Cl. The van der Waals surface area contributed by atoms with Gasteiger partial charge in [-0.2, -0.15) is 0 Å². The lowest BCUT2D eigenvalue weighted by Gasteiger charge is -2.33. The lowest BCUT2D eigenvalue weighted by molar-refractivity contribution is -0.122. The predicted octanol–water partition coefficient (Wildman–Crippen LogP) is 3.18. The number of amides is 1. The molecule has 2 heterocycles. The van der Waals surface area contributed by atoms with E-state index in [4.69, 9.17) is 0 Å². The number of thioether (sulfide) groups is 1. The van der Waals surface area contributed by atoms with E-state index in [0.29, 0.717) is 12.6 Å². The number of benzene rings is 1. The Hall–Kier alpha value is -0.460. The van der Waals surface area contributed by atoms with Gasteiger partial charge in [0.15, 0.2) is 0 Å². The molecule has 25 heavy (non-hydrogen) atoms. The van der Waals surface area contributed by atoms with E-state index in [2.05, 4.69) is 46.7 Å². The fraction of sp³-hybridized carbons (Fsp3) is 0.611. The molecule has 1 aromatic rings. The van der Waals surface area contributed by atoms with E-state index in [0.717, 1.165) is 18.2 Å². The number of halogens is 2. The van der Waals surface area contributed by atoms with Gasteiger partial charge in [0.05, 0.1) is 6.04 Å². The van der Waals surface area contributed by atoms with Crippen LogP contribution in [0.15, 0.2) is 24.3 Å². The van der Waals surface area contributed by atoms with Gasteiger partial charge in [-0.1, -0.05) is 30.7 Å². The number of hydrogen-bond acceptors (Lipinski definition) is 4. The van der Waals surface area contributed by atoms with Gasteiger partial charge in [0.2, 0.25) is 5.91 Å². The normalized spacial score (nSPS) is 23.4. The Morgan fingerprint density at radius 2 is 2.04 bits per heavy atom. The summed E-state index contributed by atoms with van der Waals surface area (Å²) in [6.45, 7) is 5.13. The summed E-state index contributed by atoms with van der Waals surface area (Å²) >= 11 is 1.78. The molecule has 2 saturated heterocycles. The molecular formula is C18H29Cl2N3OS. The van der Waals surface area contributed by atoms with Crippen molar-refractivity contribution in [1.29, 1.82) is 0 Å². The molecule has 142 valence electrons. The number of carbonyl (C=O) groups is 1. The molecule has 1 unspecified atom stereocenters. The Morgan fingerprint density at radius 3 is 2.72 bits per heavy atom. The molecule has 1 aromatic carbocycles. The molecule has 2 fully saturated rings. The third-order valence-electron chi connectivity index (χ3n) is 4.92. The van der Waals surface area contributed by atoms with Crippen molar-refractivity contribution in [2.24, 2.45) is 0 Å². The van der Waals surface area contributed by atoms with E-state index in [1.807, 2.05) is 0 Å². The Balaban J connectivity index is 0.00000156. The average Bonchev–Trinajstić information content (AvgIpc) is 3.10. The van der Waals surface area contributed by atoms with Gasteiger partial charge in [-0.3, -0.25) is 15.0 Å². The quantitative estimate of drug-likeness (QED) is 0.789. The van der Waals surface area contributed by atoms with Crippen LogP contribution < -0.4 is 10.6 Å². The van der Waals surface area contributed by atoms with Crippen molar-refractivity contribution in [2.45, 2.75) is 51.4 Å². The van der Waals surface area contributed by atoms with Crippen LogP contribution >= 0.6 is 36.6 Å². The fourth-order valence-electron chi connectivity index (χ4n) is 3.36. The second-order valence-corrected chi connectivity index (χ2v) is 7.60. The number of nitrogens with one attached hydrogen (secondary N) is 2. The van der Waals surface area contributed by atoms with Gasteiger partial charge in [0, 0.05) is 30.8 Å². The maximum atomic E-state index is 12.2. The first-order chi connectivity index (χ1) is 11.2. The van der Waals surface area contributed by atoms with Crippen LogP contribution in [-0.2, 0) is 17.9 Å².